The summed E-state index contributed by atoms with van der Waals surface area (Å²) in [6, 6.07) is 4.65. The van der Waals surface area contributed by atoms with E-state index >= 15 is 0 Å². The minimum absolute atomic E-state index is 0.0228. The number of benzene rings is 1. The zero-order chi connectivity index (χ0) is 15.6. The first kappa shape index (κ1) is 15.4. The van der Waals surface area contributed by atoms with E-state index in [1.54, 1.807) is 12.1 Å². The van der Waals surface area contributed by atoms with Crippen LogP contribution in [0.1, 0.15) is 19.4 Å². The summed E-state index contributed by atoms with van der Waals surface area (Å²) in [5, 5.41) is 23.7. The largest absolute Gasteiger partial charge is 0.409 e. The Kier molecular flexibility index (Phi) is 4.56. The van der Waals surface area contributed by atoms with Crippen LogP contribution < -0.4 is 10.6 Å². The van der Waals surface area contributed by atoms with Gasteiger partial charge >= 0.3 is 0 Å². The summed E-state index contributed by atoms with van der Waals surface area (Å²) in [6.07, 6.45) is 0. The number of amidine groups is 1. The zero-order valence-corrected chi connectivity index (χ0v) is 12.7. The molecule has 7 nitrogen and oxygen atoms in total. The second-order valence-electron chi connectivity index (χ2n) is 5.11. The monoisotopic (exact) mass is 310 g/mol. The number of nitro groups is 1. The maximum absolute atomic E-state index is 11.3. The van der Waals surface area contributed by atoms with Crippen molar-refractivity contribution in [1.82, 2.24) is 0 Å². The van der Waals surface area contributed by atoms with Gasteiger partial charge in [0.2, 0.25) is 0 Å². The first-order chi connectivity index (χ1) is 9.92. The number of anilines is 1. The Morgan fingerprint density at radius 3 is 2.62 bits per heavy atom. The lowest BCUT2D eigenvalue weighted by Gasteiger charge is -2.35. The second-order valence-corrected chi connectivity index (χ2v) is 6.99. The highest BCUT2D eigenvalue weighted by atomic mass is 32.2. The van der Waals surface area contributed by atoms with Crippen LogP contribution >= 0.6 is 11.8 Å². The van der Waals surface area contributed by atoms with Crippen LogP contribution in [0.3, 0.4) is 0 Å². The van der Waals surface area contributed by atoms with Crippen LogP contribution in [-0.2, 0) is 0 Å². The Morgan fingerprint density at radius 1 is 1.48 bits per heavy atom. The Balaban J connectivity index is 2.41. The smallest absolute Gasteiger partial charge is 0.293 e. The first-order valence-corrected chi connectivity index (χ1v) is 7.53. The molecule has 8 heteroatoms. The summed E-state index contributed by atoms with van der Waals surface area (Å²) in [5.74, 6) is -0.138. The van der Waals surface area contributed by atoms with Crippen LogP contribution in [0.2, 0.25) is 0 Å². The van der Waals surface area contributed by atoms with Crippen LogP contribution in [-0.4, -0.2) is 39.6 Å². The van der Waals surface area contributed by atoms with E-state index in [2.05, 4.69) is 19.0 Å². The van der Waals surface area contributed by atoms with E-state index in [9.17, 15) is 10.1 Å². The Bertz CT molecular complexity index is 569. The fourth-order valence-corrected chi connectivity index (χ4v) is 3.85. The van der Waals surface area contributed by atoms with E-state index in [0.29, 0.717) is 21.8 Å². The Labute approximate surface area is 126 Å². The van der Waals surface area contributed by atoms with Crippen molar-refractivity contribution in [1.29, 1.82) is 0 Å². The molecule has 114 valence electrons. The molecule has 1 aromatic rings. The van der Waals surface area contributed by atoms with Crippen LogP contribution in [0, 0.1) is 10.1 Å². The Hall–Kier alpha value is -1.96. The predicted octanol–water partition coefficient (Wildman–Crippen LogP) is 2.02. The van der Waals surface area contributed by atoms with Gasteiger partial charge in [-0.3, -0.25) is 10.1 Å². The molecule has 3 N–H and O–H groups in total. The second kappa shape index (κ2) is 6.21. The van der Waals surface area contributed by atoms with Gasteiger partial charge in [-0.15, -0.1) is 0 Å². The van der Waals surface area contributed by atoms with Gasteiger partial charge < -0.3 is 15.8 Å². The zero-order valence-electron chi connectivity index (χ0n) is 11.9. The average molecular weight is 310 g/mol. The third kappa shape index (κ3) is 3.38. The highest BCUT2D eigenvalue weighted by Gasteiger charge is 2.27. The topological polar surface area (TPSA) is 105 Å². The van der Waals surface area contributed by atoms with Gasteiger partial charge in [-0.2, -0.15) is 11.8 Å². The number of hydrogen-bond acceptors (Lipinski definition) is 6. The molecule has 0 aliphatic carbocycles. The third-order valence-corrected chi connectivity index (χ3v) is 4.56. The number of hydrogen-bond donors (Lipinski definition) is 2. The molecule has 1 aliphatic rings. The molecular weight excluding hydrogens is 292 g/mol. The van der Waals surface area contributed by atoms with E-state index in [0.717, 1.165) is 13.1 Å². The highest BCUT2D eigenvalue weighted by Crippen LogP contribution is 2.34. The van der Waals surface area contributed by atoms with Crippen LogP contribution in [0.5, 0.6) is 0 Å². The molecule has 0 aromatic heterocycles. The average Bonchev–Trinajstić information content (AvgIpc) is 2.44. The molecule has 1 aromatic carbocycles. The molecule has 1 heterocycles. The van der Waals surface area contributed by atoms with Crippen LogP contribution in [0.25, 0.3) is 0 Å². The maximum Gasteiger partial charge on any atom is 0.293 e. The molecule has 2 unspecified atom stereocenters. The standard InChI is InChI=1S/C13H18N4O3S/c1-8-6-16(7-9(2)21-8)11-4-3-10(13(14)15-18)5-12(11)17(19)20/h3-5,8-9,18H,6-7H2,1-2H3,(H2,14,15). The summed E-state index contributed by atoms with van der Waals surface area (Å²) in [7, 11) is 0. The van der Waals surface area contributed by atoms with E-state index < -0.39 is 4.92 Å². The van der Waals surface area contributed by atoms with Gasteiger partial charge in [0.15, 0.2) is 5.84 Å². The van der Waals surface area contributed by atoms with Crippen molar-refractivity contribution < 1.29 is 10.1 Å². The summed E-state index contributed by atoms with van der Waals surface area (Å²) in [6.45, 7) is 5.76. The van der Waals surface area contributed by atoms with Crippen molar-refractivity contribution in [2.75, 3.05) is 18.0 Å². The summed E-state index contributed by atoms with van der Waals surface area (Å²) < 4.78 is 0. The Morgan fingerprint density at radius 2 is 2.10 bits per heavy atom. The van der Waals surface area contributed by atoms with Crippen molar-refractivity contribution >= 4 is 29.0 Å². The number of thioether (sulfide) groups is 1. The lowest BCUT2D eigenvalue weighted by molar-refractivity contribution is -0.384. The third-order valence-electron chi connectivity index (χ3n) is 3.34. The van der Waals surface area contributed by atoms with E-state index in [4.69, 9.17) is 10.9 Å². The van der Waals surface area contributed by atoms with E-state index in [-0.39, 0.29) is 11.5 Å². The molecule has 2 atom stereocenters. The molecule has 0 amide bonds. The normalized spacial score (nSPS) is 23.1. The molecule has 1 saturated heterocycles. The highest BCUT2D eigenvalue weighted by molar-refractivity contribution is 8.00. The minimum Gasteiger partial charge on any atom is -0.409 e. The van der Waals surface area contributed by atoms with Crippen LogP contribution in [0.4, 0.5) is 11.4 Å². The molecule has 1 fully saturated rings. The van der Waals surface area contributed by atoms with Gasteiger partial charge in [0.1, 0.15) is 5.69 Å². The molecule has 2 rings (SSSR count). The van der Waals surface area contributed by atoms with Gasteiger partial charge in [-0.05, 0) is 12.1 Å². The van der Waals surface area contributed by atoms with Crippen molar-refractivity contribution in [2.45, 2.75) is 24.3 Å². The molecular formula is C13H18N4O3S. The van der Waals surface area contributed by atoms with Crippen molar-refractivity contribution in [2.24, 2.45) is 10.9 Å². The molecule has 0 saturated carbocycles. The summed E-state index contributed by atoms with van der Waals surface area (Å²) >= 11 is 1.88. The van der Waals surface area contributed by atoms with Crippen LogP contribution in [0.15, 0.2) is 23.4 Å². The minimum atomic E-state index is -0.430. The summed E-state index contributed by atoms with van der Waals surface area (Å²) in [4.78, 5) is 12.9. The summed E-state index contributed by atoms with van der Waals surface area (Å²) in [5.41, 5.74) is 6.38. The van der Waals surface area contributed by atoms with Gasteiger partial charge in [0, 0.05) is 35.2 Å². The van der Waals surface area contributed by atoms with E-state index in [1.165, 1.54) is 6.07 Å². The lowest BCUT2D eigenvalue weighted by Crippen LogP contribution is -2.40. The van der Waals surface area contributed by atoms with Gasteiger partial charge in [0.25, 0.3) is 5.69 Å². The fraction of sp³-hybridized carbons (Fsp3) is 0.462. The van der Waals surface area contributed by atoms with Crippen molar-refractivity contribution in [3.8, 4) is 0 Å². The SMILES string of the molecule is CC1CN(c2ccc(C(N)=NO)cc2[N+](=O)[O-])CC(C)S1. The molecule has 0 bridgehead atoms. The molecule has 0 spiro atoms. The number of rotatable bonds is 3. The number of oxime groups is 1. The number of nitro benzene ring substituents is 1. The van der Waals surface area contributed by atoms with Crippen molar-refractivity contribution in [3.05, 3.63) is 33.9 Å². The molecule has 0 radical (unpaired) electrons. The molecule has 1 aliphatic heterocycles. The molecule has 21 heavy (non-hydrogen) atoms. The van der Waals surface area contributed by atoms with Gasteiger partial charge in [-0.25, -0.2) is 0 Å². The number of nitrogens with zero attached hydrogens (tertiary/aromatic N) is 3. The van der Waals surface area contributed by atoms with Crippen molar-refractivity contribution in [3.63, 3.8) is 0 Å². The predicted molar refractivity (Wildman–Crippen MR) is 84.3 cm³/mol. The maximum atomic E-state index is 11.3. The van der Waals surface area contributed by atoms with Gasteiger partial charge in [0.05, 0.1) is 4.92 Å². The van der Waals surface area contributed by atoms with E-state index in [1.807, 2.05) is 16.7 Å². The lowest BCUT2D eigenvalue weighted by atomic mass is 10.1. The fourth-order valence-electron chi connectivity index (χ4n) is 2.53. The first-order valence-electron chi connectivity index (χ1n) is 6.59. The van der Waals surface area contributed by atoms with Gasteiger partial charge in [-0.1, -0.05) is 19.0 Å². The quantitative estimate of drug-likeness (QED) is 0.291. The number of nitrogens with two attached hydrogens (primary N) is 1.